The van der Waals surface area contributed by atoms with Crippen LogP contribution < -0.4 is 15.0 Å². The second kappa shape index (κ2) is 14.7. The van der Waals surface area contributed by atoms with E-state index in [1.165, 1.54) is 33.6 Å². The number of hydrogen-bond acceptors (Lipinski definition) is 2. The molecule has 1 aromatic heterocycles. The van der Waals surface area contributed by atoms with E-state index >= 15 is 0 Å². The topological polar surface area (TPSA) is 27.3 Å². The first-order valence-corrected chi connectivity index (χ1v) is 15.7. The average Bonchev–Trinajstić information content (AvgIpc) is 3.39. The molecule has 4 rings (SSSR count). The number of hydrogen-bond donors (Lipinski definition) is 0. The largest absolute Gasteiger partial charge is 0.646 e. The predicted octanol–water partition coefficient (Wildman–Crippen LogP) is 8.37. The van der Waals surface area contributed by atoms with Crippen LogP contribution in [0, 0.1) is 0 Å². The van der Waals surface area contributed by atoms with Crippen molar-refractivity contribution in [1.29, 1.82) is 0 Å². The lowest BCUT2D eigenvalue weighted by Crippen LogP contribution is -2.53. The molecule has 0 bridgehead atoms. The lowest BCUT2D eigenvalue weighted by molar-refractivity contribution is -0.577. The minimum Gasteiger partial charge on any atom is -0.646 e. The van der Waals surface area contributed by atoms with Crippen LogP contribution in [0.15, 0.2) is 79.1 Å². The summed E-state index contributed by atoms with van der Waals surface area (Å²) in [5.74, 6) is 2.48. The number of imidazole rings is 1. The first kappa shape index (κ1) is 31.6. The van der Waals surface area contributed by atoms with Crippen LogP contribution in [0.25, 0.3) is 11.4 Å². The van der Waals surface area contributed by atoms with Crippen molar-refractivity contribution in [2.24, 2.45) is 0 Å². The van der Waals surface area contributed by atoms with Crippen molar-refractivity contribution in [1.82, 2.24) is 4.57 Å². The smallest absolute Gasteiger partial charge is 0.135 e. The van der Waals surface area contributed by atoms with E-state index < -0.39 is 0 Å². The number of unbranched alkanes of at least 4 members (excludes halogenated alkanes) is 1. The van der Waals surface area contributed by atoms with Gasteiger partial charge in [0.2, 0.25) is 0 Å². The number of rotatable bonds is 14. The Hall–Kier alpha value is -3.31. The van der Waals surface area contributed by atoms with Crippen LogP contribution >= 0.6 is 0 Å². The maximum absolute atomic E-state index is 6.33. The Morgan fingerprint density at radius 3 is 1.71 bits per heavy atom. The van der Waals surface area contributed by atoms with Gasteiger partial charge in [-0.15, -0.1) is 0 Å². The Kier molecular flexibility index (Phi) is 11.1. The highest BCUT2D eigenvalue weighted by molar-refractivity contribution is 6.43. The molecule has 0 unspecified atom stereocenters. The van der Waals surface area contributed by atoms with Crippen molar-refractivity contribution in [3.63, 3.8) is 0 Å². The summed E-state index contributed by atoms with van der Waals surface area (Å²) in [6.45, 7) is 19.6. The van der Waals surface area contributed by atoms with E-state index in [1.54, 1.807) is 0 Å². The van der Waals surface area contributed by atoms with E-state index in [0.717, 1.165) is 24.3 Å². The van der Waals surface area contributed by atoms with Crippen LogP contribution in [-0.2, 0) is 4.65 Å². The Balaban J connectivity index is 1.70. The Labute approximate surface area is 255 Å². The van der Waals surface area contributed by atoms with Gasteiger partial charge in [0.05, 0.1) is 6.61 Å². The minimum atomic E-state index is 0.391. The van der Waals surface area contributed by atoms with E-state index in [1.807, 2.05) is 37.8 Å². The fourth-order valence-corrected chi connectivity index (χ4v) is 5.60. The number of nitrogens with zero attached hydrogens (tertiary/aromatic N) is 2. The molecule has 0 aliphatic rings. The summed E-state index contributed by atoms with van der Waals surface area (Å²) in [5.41, 5.74) is 8.94. The summed E-state index contributed by atoms with van der Waals surface area (Å²) in [5, 5.41) is 0. The highest BCUT2D eigenvalue weighted by Gasteiger charge is 2.25. The van der Waals surface area contributed by atoms with Gasteiger partial charge in [-0.2, -0.15) is 0 Å². The van der Waals surface area contributed by atoms with Crippen molar-refractivity contribution >= 4 is 13.2 Å². The van der Waals surface area contributed by atoms with Gasteiger partial charge >= 0.3 is 0 Å². The molecule has 4 aromatic rings. The summed E-state index contributed by atoms with van der Waals surface area (Å²) in [4.78, 5) is 0. The van der Waals surface area contributed by atoms with Crippen LogP contribution in [0.4, 0.5) is 0 Å². The first-order valence-electron chi connectivity index (χ1n) is 15.7. The molecule has 0 amide bonds. The molecule has 0 atom stereocenters. The molecule has 222 valence electrons. The van der Waals surface area contributed by atoms with E-state index in [9.17, 15) is 0 Å². The lowest BCUT2D eigenvalue weighted by atomic mass is 9.90. The summed E-state index contributed by atoms with van der Waals surface area (Å²) >= 11 is 0. The van der Waals surface area contributed by atoms with Gasteiger partial charge in [-0.3, -0.25) is 0 Å². The zero-order valence-electron chi connectivity index (χ0n) is 26.9. The third-order valence-electron chi connectivity index (χ3n) is 7.88. The third-order valence-corrected chi connectivity index (χ3v) is 7.88. The fraction of sp³-hybridized carbons (Fsp3) is 0.432. The molecule has 42 heavy (non-hydrogen) atoms. The van der Waals surface area contributed by atoms with Gasteiger partial charge in [-0.05, 0) is 62.7 Å². The molecule has 1 heterocycles. The summed E-state index contributed by atoms with van der Waals surface area (Å²) in [6, 6.07) is 23.5. The highest BCUT2D eigenvalue weighted by atomic mass is 16.5. The molecule has 0 N–H and O–H groups in total. The van der Waals surface area contributed by atoms with E-state index in [0.29, 0.717) is 36.9 Å². The molecule has 0 fully saturated rings. The average molecular weight is 565 g/mol. The molecule has 3 aromatic carbocycles. The second-order valence-electron chi connectivity index (χ2n) is 12.4. The monoisotopic (exact) mass is 564 g/mol. The molecule has 2 radical (unpaired) electrons. The molecule has 0 saturated heterocycles. The van der Waals surface area contributed by atoms with Gasteiger partial charge in [0, 0.05) is 28.0 Å². The lowest BCUT2D eigenvalue weighted by Gasteiger charge is -2.24. The maximum Gasteiger partial charge on any atom is 0.135 e. The standard InChI is InChI=1S/C37H49BN2O2/c1-26(2)31-18-14-19-32(27(3)4)35(31)39-22-23-40(36-33(28(5)6)20-15-21-34(36)29(7)8)37(39)38-42-25-13-12-24-41-30-16-10-9-11-17-30/h9-11,14-23,26-29H,12-13,24-25H2,1-8H3. The van der Waals surface area contributed by atoms with Crippen LogP contribution in [0.3, 0.4) is 0 Å². The fourth-order valence-electron chi connectivity index (χ4n) is 5.60. The van der Waals surface area contributed by atoms with Crippen molar-refractivity contribution in [2.45, 2.75) is 91.9 Å². The summed E-state index contributed by atoms with van der Waals surface area (Å²) in [7, 11) is 1.97. The third kappa shape index (κ3) is 7.36. The van der Waals surface area contributed by atoms with Crippen LogP contribution in [0.1, 0.15) is 114 Å². The predicted molar refractivity (Wildman–Crippen MR) is 176 cm³/mol. The van der Waals surface area contributed by atoms with Gasteiger partial charge in [0.1, 0.15) is 29.5 Å². The molecule has 0 aliphatic carbocycles. The molecule has 0 saturated carbocycles. The van der Waals surface area contributed by atoms with Crippen molar-refractivity contribution < 1.29 is 14.0 Å². The number of benzene rings is 3. The first-order chi connectivity index (χ1) is 20.2. The zero-order chi connectivity index (χ0) is 30.2. The normalized spacial score (nSPS) is 11.8. The zero-order valence-corrected chi connectivity index (χ0v) is 26.9. The van der Waals surface area contributed by atoms with E-state index in [4.69, 9.17) is 9.39 Å². The Morgan fingerprint density at radius 1 is 0.643 bits per heavy atom. The van der Waals surface area contributed by atoms with Gasteiger partial charge < -0.3 is 9.39 Å². The Morgan fingerprint density at radius 2 is 1.17 bits per heavy atom. The second-order valence-corrected chi connectivity index (χ2v) is 12.4. The molecule has 4 nitrogen and oxygen atoms in total. The van der Waals surface area contributed by atoms with Crippen molar-refractivity contribution in [3.05, 3.63) is 101 Å². The van der Waals surface area contributed by atoms with Gasteiger partial charge in [0.25, 0.3) is 0 Å². The maximum atomic E-state index is 6.33. The molecule has 5 heteroatoms. The van der Waals surface area contributed by atoms with E-state index in [-0.39, 0.29) is 0 Å². The Bertz CT molecular complexity index is 1290. The van der Waals surface area contributed by atoms with Crippen molar-refractivity contribution in [2.75, 3.05) is 13.2 Å². The number of para-hydroxylation sites is 3. The summed E-state index contributed by atoms with van der Waals surface area (Å²) in [6.07, 6.45) is 6.29. The molecular formula is C37H49BN2O2. The van der Waals surface area contributed by atoms with Crippen LogP contribution in [0.5, 0.6) is 5.75 Å². The molecular weight excluding hydrogens is 515 g/mol. The minimum absolute atomic E-state index is 0.391. The SMILES string of the molecule is CC(C)c1cccc(C(C)C)c1-n1cc[n+](-c2c(C(C)C)cccc2C(C)C)c1[B-]OCCCCOc1ccccc1. The number of aromatic nitrogens is 2. The molecule has 0 aliphatic heterocycles. The summed E-state index contributed by atoms with van der Waals surface area (Å²) < 4.78 is 16.9. The number of ether oxygens (including phenoxy) is 1. The quantitative estimate of drug-likeness (QED) is 0.0874. The van der Waals surface area contributed by atoms with Gasteiger partial charge in [0.15, 0.2) is 0 Å². The van der Waals surface area contributed by atoms with Crippen molar-refractivity contribution in [3.8, 4) is 17.1 Å². The van der Waals surface area contributed by atoms with Gasteiger partial charge in [-0.1, -0.05) is 110 Å². The van der Waals surface area contributed by atoms with E-state index in [2.05, 4.69) is 113 Å². The highest BCUT2D eigenvalue weighted by Crippen LogP contribution is 2.31. The molecule has 0 spiro atoms. The van der Waals surface area contributed by atoms with Gasteiger partial charge in [-0.25, -0.2) is 9.13 Å². The van der Waals surface area contributed by atoms with Crippen LogP contribution in [-0.4, -0.2) is 25.3 Å². The van der Waals surface area contributed by atoms with Crippen LogP contribution in [0.2, 0.25) is 0 Å².